The number of aryl methyl sites for hydroxylation is 2. The lowest BCUT2D eigenvalue weighted by Crippen LogP contribution is -2.09. The van der Waals surface area contributed by atoms with Gasteiger partial charge in [-0.1, -0.05) is 6.92 Å². The monoisotopic (exact) mass is 183 g/mol. The van der Waals surface area contributed by atoms with Crippen molar-refractivity contribution in [3.63, 3.8) is 0 Å². The fourth-order valence-electron chi connectivity index (χ4n) is 1.18. The largest absolute Gasteiger partial charge is 0.481 e. The van der Waals surface area contributed by atoms with Gasteiger partial charge < -0.3 is 9.67 Å². The molecule has 0 saturated heterocycles. The topological polar surface area (TPSA) is 68.0 Å². The number of rotatable bonds is 4. The molecule has 0 amide bonds. The minimum absolute atomic E-state index is 0.117. The fourth-order valence-corrected chi connectivity index (χ4v) is 1.18. The second-order valence-corrected chi connectivity index (χ2v) is 2.81. The van der Waals surface area contributed by atoms with E-state index in [9.17, 15) is 4.79 Å². The molecule has 13 heavy (non-hydrogen) atoms. The third kappa shape index (κ3) is 2.27. The van der Waals surface area contributed by atoms with Crippen molar-refractivity contribution in [1.82, 2.24) is 14.8 Å². The molecule has 0 bridgehead atoms. The Labute approximate surface area is 76.4 Å². The predicted octanol–water partition coefficient (Wildman–Crippen LogP) is 0.624. The van der Waals surface area contributed by atoms with Crippen molar-refractivity contribution in [3.05, 3.63) is 11.6 Å². The SMILES string of the molecule is CCc1nnc(C)n1CCC(=O)O. The summed E-state index contributed by atoms with van der Waals surface area (Å²) in [5.41, 5.74) is 0. The number of hydrogen-bond donors (Lipinski definition) is 1. The van der Waals surface area contributed by atoms with Crippen molar-refractivity contribution in [2.45, 2.75) is 33.2 Å². The molecular weight excluding hydrogens is 170 g/mol. The van der Waals surface area contributed by atoms with Crippen LogP contribution in [0.5, 0.6) is 0 Å². The second kappa shape index (κ2) is 4.02. The van der Waals surface area contributed by atoms with Crippen molar-refractivity contribution in [3.8, 4) is 0 Å². The number of aromatic nitrogens is 3. The third-order valence-corrected chi connectivity index (χ3v) is 1.88. The Bertz CT molecular complexity index is 306. The Balaban J connectivity index is 2.73. The molecule has 0 unspecified atom stereocenters. The van der Waals surface area contributed by atoms with Crippen LogP contribution in [0, 0.1) is 6.92 Å². The van der Waals surface area contributed by atoms with Gasteiger partial charge in [-0.2, -0.15) is 0 Å². The summed E-state index contributed by atoms with van der Waals surface area (Å²) in [7, 11) is 0. The average Bonchev–Trinajstić information content (AvgIpc) is 2.43. The molecular formula is C8H13N3O2. The first-order valence-corrected chi connectivity index (χ1v) is 4.25. The molecule has 1 aromatic rings. The second-order valence-electron chi connectivity index (χ2n) is 2.81. The Morgan fingerprint density at radius 1 is 1.54 bits per heavy atom. The van der Waals surface area contributed by atoms with Crippen molar-refractivity contribution in [1.29, 1.82) is 0 Å². The van der Waals surface area contributed by atoms with E-state index in [1.807, 2.05) is 18.4 Å². The van der Waals surface area contributed by atoms with E-state index in [0.717, 1.165) is 18.1 Å². The maximum absolute atomic E-state index is 10.4. The molecule has 0 fully saturated rings. The molecule has 0 spiro atoms. The molecule has 72 valence electrons. The first-order valence-electron chi connectivity index (χ1n) is 4.25. The quantitative estimate of drug-likeness (QED) is 0.743. The van der Waals surface area contributed by atoms with E-state index >= 15 is 0 Å². The van der Waals surface area contributed by atoms with Gasteiger partial charge in [0.15, 0.2) is 0 Å². The summed E-state index contributed by atoms with van der Waals surface area (Å²) in [6.07, 6.45) is 0.895. The molecule has 0 aliphatic rings. The highest BCUT2D eigenvalue weighted by Gasteiger charge is 2.07. The summed E-state index contributed by atoms with van der Waals surface area (Å²) in [4.78, 5) is 10.4. The van der Waals surface area contributed by atoms with Gasteiger partial charge in [0.2, 0.25) is 0 Å². The van der Waals surface area contributed by atoms with Gasteiger partial charge >= 0.3 is 5.97 Å². The van der Waals surface area contributed by atoms with Crippen LogP contribution >= 0.6 is 0 Å². The maximum atomic E-state index is 10.4. The van der Waals surface area contributed by atoms with Crippen LogP contribution in [0.4, 0.5) is 0 Å². The van der Waals surface area contributed by atoms with E-state index in [-0.39, 0.29) is 6.42 Å². The third-order valence-electron chi connectivity index (χ3n) is 1.88. The Morgan fingerprint density at radius 3 is 2.77 bits per heavy atom. The van der Waals surface area contributed by atoms with Crippen molar-refractivity contribution < 1.29 is 9.90 Å². The Hall–Kier alpha value is -1.39. The van der Waals surface area contributed by atoms with Gasteiger partial charge in [-0.3, -0.25) is 4.79 Å². The molecule has 5 heteroatoms. The van der Waals surface area contributed by atoms with Crippen LogP contribution in [0.25, 0.3) is 0 Å². The minimum Gasteiger partial charge on any atom is -0.481 e. The van der Waals surface area contributed by atoms with Gasteiger partial charge in [0.1, 0.15) is 11.6 Å². The smallest absolute Gasteiger partial charge is 0.305 e. The van der Waals surface area contributed by atoms with E-state index in [0.29, 0.717) is 6.54 Å². The number of nitrogens with zero attached hydrogens (tertiary/aromatic N) is 3. The summed E-state index contributed by atoms with van der Waals surface area (Å²) < 4.78 is 1.84. The molecule has 1 aromatic heterocycles. The van der Waals surface area contributed by atoms with Crippen LogP contribution in [-0.2, 0) is 17.8 Å². The standard InChI is InChI=1S/C8H13N3O2/c1-3-7-10-9-6(2)11(7)5-4-8(12)13/h3-5H2,1-2H3,(H,12,13). The maximum Gasteiger partial charge on any atom is 0.305 e. The molecule has 1 rings (SSSR count). The van der Waals surface area contributed by atoms with Crippen LogP contribution in [0.3, 0.4) is 0 Å². The fraction of sp³-hybridized carbons (Fsp3) is 0.625. The van der Waals surface area contributed by atoms with Crippen LogP contribution in [0.1, 0.15) is 25.0 Å². The molecule has 0 aliphatic carbocycles. The van der Waals surface area contributed by atoms with Crippen LogP contribution in [0.2, 0.25) is 0 Å². The number of carboxylic acids is 1. The molecule has 0 saturated carbocycles. The summed E-state index contributed by atoms with van der Waals surface area (Å²) >= 11 is 0. The van der Waals surface area contributed by atoms with E-state index < -0.39 is 5.97 Å². The van der Waals surface area contributed by atoms with Crippen LogP contribution < -0.4 is 0 Å². The molecule has 1 heterocycles. The van der Waals surface area contributed by atoms with Crippen molar-refractivity contribution in [2.24, 2.45) is 0 Å². The van der Waals surface area contributed by atoms with Crippen LogP contribution in [-0.4, -0.2) is 25.8 Å². The average molecular weight is 183 g/mol. The molecule has 0 aromatic carbocycles. The Morgan fingerprint density at radius 2 is 2.23 bits per heavy atom. The molecule has 0 atom stereocenters. The minimum atomic E-state index is -0.796. The van der Waals surface area contributed by atoms with E-state index in [1.165, 1.54) is 0 Å². The van der Waals surface area contributed by atoms with Gasteiger partial charge in [-0.25, -0.2) is 0 Å². The first kappa shape index (κ1) is 9.70. The first-order chi connectivity index (χ1) is 6.15. The number of carboxylic acid groups (broad SMARTS) is 1. The zero-order valence-electron chi connectivity index (χ0n) is 7.82. The summed E-state index contributed by atoms with van der Waals surface area (Å²) in [6, 6.07) is 0. The van der Waals surface area contributed by atoms with Crippen molar-refractivity contribution >= 4 is 5.97 Å². The number of hydrogen-bond acceptors (Lipinski definition) is 3. The predicted molar refractivity (Wildman–Crippen MR) is 46.4 cm³/mol. The highest BCUT2D eigenvalue weighted by Crippen LogP contribution is 2.02. The molecule has 5 nitrogen and oxygen atoms in total. The Kier molecular flexibility index (Phi) is 3.00. The van der Waals surface area contributed by atoms with E-state index in [4.69, 9.17) is 5.11 Å². The van der Waals surface area contributed by atoms with Gasteiger partial charge in [-0.05, 0) is 6.92 Å². The lowest BCUT2D eigenvalue weighted by atomic mass is 10.4. The molecule has 0 radical (unpaired) electrons. The number of carbonyl (C=O) groups is 1. The lowest BCUT2D eigenvalue weighted by molar-refractivity contribution is -0.137. The van der Waals surface area contributed by atoms with Crippen LogP contribution in [0.15, 0.2) is 0 Å². The summed E-state index contributed by atoms with van der Waals surface area (Å²) in [6.45, 7) is 4.26. The van der Waals surface area contributed by atoms with E-state index in [2.05, 4.69) is 10.2 Å². The molecule has 1 N–H and O–H groups in total. The van der Waals surface area contributed by atoms with Gasteiger partial charge in [-0.15, -0.1) is 10.2 Å². The van der Waals surface area contributed by atoms with Gasteiger partial charge in [0.25, 0.3) is 0 Å². The molecule has 0 aliphatic heterocycles. The zero-order valence-corrected chi connectivity index (χ0v) is 7.82. The highest BCUT2D eigenvalue weighted by atomic mass is 16.4. The van der Waals surface area contributed by atoms with E-state index in [1.54, 1.807) is 0 Å². The summed E-state index contributed by atoms with van der Waals surface area (Å²) in [5, 5.41) is 16.3. The number of aliphatic carboxylic acids is 1. The normalized spacial score (nSPS) is 10.3. The summed E-state index contributed by atoms with van der Waals surface area (Å²) in [5.74, 6) is 0.826. The van der Waals surface area contributed by atoms with Gasteiger partial charge in [0, 0.05) is 13.0 Å². The zero-order chi connectivity index (χ0) is 9.84. The van der Waals surface area contributed by atoms with Gasteiger partial charge in [0.05, 0.1) is 6.42 Å². The highest BCUT2D eigenvalue weighted by molar-refractivity contribution is 5.66. The van der Waals surface area contributed by atoms with Crippen molar-refractivity contribution in [2.75, 3.05) is 0 Å². The lowest BCUT2D eigenvalue weighted by Gasteiger charge is -2.04.